The molecule has 1 spiro atoms. The predicted molar refractivity (Wildman–Crippen MR) is 85.1 cm³/mol. The molecule has 0 radical (unpaired) electrons. The van der Waals surface area contributed by atoms with Crippen LogP contribution in [0.3, 0.4) is 0 Å². The van der Waals surface area contributed by atoms with Gasteiger partial charge in [-0.2, -0.15) is 0 Å². The molecule has 0 amide bonds. The van der Waals surface area contributed by atoms with Crippen molar-refractivity contribution in [3.63, 3.8) is 0 Å². The topological polar surface area (TPSA) is 24.5 Å². The molecule has 1 aliphatic heterocycles. The average Bonchev–Trinajstić information content (AvgIpc) is 2.87. The van der Waals surface area contributed by atoms with Crippen molar-refractivity contribution in [2.24, 2.45) is 5.92 Å². The molecule has 1 N–H and O–H groups in total. The lowest BCUT2D eigenvalue weighted by atomic mass is 9.88. The quantitative estimate of drug-likeness (QED) is 0.810. The minimum atomic E-state index is 0.408. The van der Waals surface area contributed by atoms with Crippen molar-refractivity contribution in [2.45, 2.75) is 77.4 Å². The fraction of sp³-hybridized carbons (Fsp3) is 1.00. The monoisotopic (exact) mass is 282 g/mol. The van der Waals surface area contributed by atoms with E-state index >= 15 is 0 Å². The van der Waals surface area contributed by atoms with Gasteiger partial charge in [0.15, 0.2) is 0 Å². The van der Waals surface area contributed by atoms with Crippen LogP contribution in [0.2, 0.25) is 0 Å². The van der Waals surface area contributed by atoms with Crippen LogP contribution in [0, 0.1) is 5.92 Å². The van der Waals surface area contributed by atoms with Crippen LogP contribution in [-0.2, 0) is 4.74 Å². The Kier molecular flexibility index (Phi) is 5.88. The average molecular weight is 282 g/mol. The molecule has 0 aromatic carbocycles. The Morgan fingerprint density at radius 2 is 1.95 bits per heavy atom. The maximum Gasteiger partial charge on any atom is 0.0624 e. The highest BCUT2D eigenvalue weighted by molar-refractivity contribution is 5.02. The van der Waals surface area contributed by atoms with Crippen molar-refractivity contribution in [1.82, 2.24) is 10.2 Å². The first-order valence-corrected chi connectivity index (χ1v) is 8.70. The van der Waals surface area contributed by atoms with Gasteiger partial charge in [-0.25, -0.2) is 0 Å². The summed E-state index contributed by atoms with van der Waals surface area (Å²) >= 11 is 0. The lowest BCUT2D eigenvalue weighted by Crippen LogP contribution is -2.66. The fourth-order valence-electron chi connectivity index (χ4n) is 4.05. The van der Waals surface area contributed by atoms with Gasteiger partial charge in [0.1, 0.15) is 0 Å². The van der Waals surface area contributed by atoms with E-state index in [1.165, 1.54) is 38.6 Å². The molecule has 3 heteroatoms. The molecule has 2 unspecified atom stereocenters. The lowest BCUT2D eigenvalue weighted by Gasteiger charge is -2.50. The third kappa shape index (κ3) is 3.55. The fourth-order valence-corrected chi connectivity index (χ4v) is 4.05. The largest absolute Gasteiger partial charge is 0.380 e. The summed E-state index contributed by atoms with van der Waals surface area (Å²) in [5.41, 5.74) is 0.408. The van der Waals surface area contributed by atoms with Gasteiger partial charge in [0.25, 0.3) is 0 Å². The van der Waals surface area contributed by atoms with Crippen molar-refractivity contribution < 1.29 is 4.74 Å². The van der Waals surface area contributed by atoms with Crippen LogP contribution < -0.4 is 5.32 Å². The molecule has 1 saturated carbocycles. The van der Waals surface area contributed by atoms with E-state index in [-0.39, 0.29) is 0 Å². The molecule has 2 rings (SSSR count). The first-order valence-electron chi connectivity index (χ1n) is 8.70. The molecule has 3 nitrogen and oxygen atoms in total. The Hall–Kier alpha value is -0.120. The lowest BCUT2D eigenvalue weighted by molar-refractivity contribution is -0.0183. The minimum absolute atomic E-state index is 0.408. The van der Waals surface area contributed by atoms with Crippen molar-refractivity contribution in [1.29, 1.82) is 0 Å². The van der Waals surface area contributed by atoms with E-state index in [0.717, 1.165) is 19.8 Å². The summed E-state index contributed by atoms with van der Waals surface area (Å²) < 4.78 is 5.79. The molecule has 0 bridgehead atoms. The van der Waals surface area contributed by atoms with Gasteiger partial charge in [-0.15, -0.1) is 0 Å². The second kappa shape index (κ2) is 7.24. The van der Waals surface area contributed by atoms with Gasteiger partial charge in [-0.05, 0) is 32.1 Å². The molecule has 2 atom stereocenters. The zero-order chi connectivity index (χ0) is 14.6. The summed E-state index contributed by atoms with van der Waals surface area (Å²) in [5.74, 6) is 0.659. The molecule has 0 aromatic heterocycles. The normalized spacial score (nSPS) is 28.4. The minimum Gasteiger partial charge on any atom is -0.380 e. The number of nitrogens with one attached hydrogen (secondary N) is 1. The number of rotatable bonds is 6. The number of hydrogen-bond acceptors (Lipinski definition) is 3. The van der Waals surface area contributed by atoms with Crippen LogP contribution in [0.1, 0.15) is 59.8 Å². The molecular formula is C17H34N2O. The number of hydrogen-bond donors (Lipinski definition) is 1. The van der Waals surface area contributed by atoms with Crippen molar-refractivity contribution in [3.05, 3.63) is 0 Å². The molecule has 1 heterocycles. The molecule has 2 aliphatic rings. The smallest absolute Gasteiger partial charge is 0.0624 e. The van der Waals surface area contributed by atoms with E-state index in [4.69, 9.17) is 4.74 Å². The van der Waals surface area contributed by atoms with E-state index in [9.17, 15) is 0 Å². The Morgan fingerprint density at radius 1 is 1.25 bits per heavy atom. The SMILES string of the molecule is CCOCC(C(C)C)N1CC2(CCCC2)NCC1CC. The number of piperazine rings is 1. The molecular weight excluding hydrogens is 248 g/mol. The van der Waals surface area contributed by atoms with Crippen LogP contribution in [0.4, 0.5) is 0 Å². The standard InChI is InChI=1S/C17H34N2O/c1-5-15-11-18-17(9-7-8-10-17)13-19(15)16(14(3)4)12-20-6-2/h14-16,18H,5-13H2,1-4H3. The van der Waals surface area contributed by atoms with E-state index in [1.807, 2.05) is 0 Å². The second-order valence-electron chi connectivity index (χ2n) is 7.07. The third-order valence-electron chi connectivity index (χ3n) is 5.39. The first kappa shape index (κ1) is 16.3. The summed E-state index contributed by atoms with van der Waals surface area (Å²) in [7, 11) is 0. The molecule has 20 heavy (non-hydrogen) atoms. The maximum absolute atomic E-state index is 5.79. The molecule has 2 fully saturated rings. The summed E-state index contributed by atoms with van der Waals surface area (Å²) in [5, 5.41) is 3.89. The summed E-state index contributed by atoms with van der Waals surface area (Å²) in [4.78, 5) is 2.78. The highest BCUT2D eigenvalue weighted by atomic mass is 16.5. The summed E-state index contributed by atoms with van der Waals surface area (Å²) in [6.45, 7) is 13.2. The predicted octanol–water partition coefficient (Wildman–Crippen LogP) is 3.04. The van der Waals surface area contributed by atoms with E-state index < -0.39 is 0 Å². The molecule has 0 aromatic rings. The Balaban J connectivity index is 2.09. The van der Waals surface area contributed by atoms with Crippen molar-refractivity contribution in [2.75, 3.05) is 26.3 Å². The van der Waals surface area contributed by atoms with Crippen LogP contribution in [0.5, 0.6) is 0 Å². The number of nitrogens with zero attached hydrogens (tertiary/aromatic N) is 1. The van der Waals surface area contributed by atoms with Crippen molar-refractivity contribution >= 4 is 0 Å². The Morgan fingerprint density at radius 3 is 2.50 bits per heavy atom. The van der Waals surface area contributed by atoms with E-state index in [2.05, 4.69) is 37.9 Å². The Bertz CT molecular complexity index is 287. The van der Waals surface area contributed by atoms with Crippen molar-refractivity contribution in [3.8, 4) is 0 Å². The number of ether oxygens (including phenoxy) is 1. The van der Waals surface area contributed by atoms with Crippen LogP contribution >= 0.6 is 0 Å². The van der Waals surface area contributed by atoms with Crippen LogP contribution in [0.25, 0.3) is 0 Å². The molecule has 1 aliphatic carbocycles. The van der Waals surface area contributed by atoms with Gasteiger partial charge >= 0.3 is 0 Å². The van der Waals surface area contributed by atoms with Gasteiger partial charge in [0.2, 0.25) is 0 Å². The van der Waals surface area contributed by atoms with E-state index in [0.29, 0.717) is 23.5 Å². The third-order valence-corrected chi connectivity index (χ3v) is 5.39. The summed E-state index contributed by atoms with van der Waals surface area (Å²) in [6, 6.07) is 1.24. The van der Waals surface area contributed by atoms with Gasteiger partial charge in [-0.3, -0.25) is 4.90 Å². The zero-order valence-corrected chi connectivity index (χ0v) is 14.0. The van der Waals surface area contributed by atoms with Gasteiger partial charge in [-0.1, -0.05) is 33.6 Å². The van der Waals surface area contributed by atoms with Crippen LogP contribution in [0.15, 0.2) is 0 Å². The maximum atomic E-state index is 5.79. The molecule has 1 saturated heterocycles. The van der Waals surface area contributed by atoms with Gasteiger partial charge in [0.05, 0.1) is 6.61 Å². The second-order valence-corrected chi connectivity index (χ2v) is 7.07. The van der Waals surface area contributed by atoms with E-state index in [1.54, 1.807) is 0 Å². The molecule has 118 valence electrons. The highest BCUT2D eigenvalue weighted by Gasteiger charge is 2.43. The highest BCUT2D eigenvalue weighted by Crippen LogP contribution is 2.35. The summed E-state index contributed by atoms with van der Waals surface area (Å²) in [6.07, 6.45) is 6.75. The zero-order valence-electron chi connectivity index (χ0n) is 14.0. The first-order chi connectivity index (χ1) is 9.62. The van der Waals surface area contributed by atoms with Gasteiger partial charge in [0, 0.05) is 37.3 Å². The van der Waals surface area contributed by atoms with Gasteiger partial charge < -0.3 is 10.1 Å². The van der Waals surface area contributed by atoms with Crippen LogP contribution in [-0.4, -0.2) is 48.8 Å². The Labute approximate surface area is 125 Å².